The lowest BCUT2D eigenvalue weighted by molar-refractivity contribution is 0.116. The van der Waals surface area contributed by atoms with Gasteiger partial charge in [0.1, 0.15) is 0 Å². The van der Waals surface area contributed by atoms with Crippen LogP contribution in [0.4, 0.5) is 0 Å². The van der Waals surface area contributed by atoms with Crippen LogP contribution in [0.1, 0.15) is 44.9 Å². The first-order valence-corrected chi connectivity index (χ1v) is 9.52. The third-order valence-corrected chi connectivity index (χ3v) is 5.52. The quantitative estimate of drug-likeness (QED) is 0.444. The minimum absolute atomic E-state index is 0.564. The smallest absolute Gasteiger partial charge is 0.191 e. The Morgan fingerprint density at radius 1 is 1.09 bits per heavy atom. The average molecular weight is 324 g/mol. The molecule has 5 nitrogen and oxygen atoms in total. The second kappa shape index (κ2) is 10.1. The molecule has 1 aliphatic heterocycles. The maximum atomic E-state index is 4.36. The highest BCUT2D eigenvalue weighted by Crippen LogP contribution is 2.26. The molecule has 0 aromatic rings. The van der Waals surface area contributed by atoms with Gasteiger partial charge in [-0.1, -0.05) is 32.1 Å². The largest absolute Gasteiger partial charge is 0.356 e. The van der Waals surface area contributed by atoms with E-state index in [9.17, 15) is 0 Å². The Hall–Kier alpha value is -0.810. The van der Waals surface area contributed by atoms with E-state index >= 15 is 0 Å². The number of hydrogen-bond acceptors (Lipinski definition) is 3. The van der Waals surface area contributed by atoms with Gasteiger partial charge < -0.3 is 15.5 Å². The minimum Gasteiger partial charge on any atom is -0.356 e. The Labute approximate surface area is 142 Å². The summed E-state index contributed by atoms with van der Waals surface area (Å²) in [4.78, 5) is 9.22. The fourth-order valence-electron chi connectivity index (χ4n) is 3.83. The van der Waals surface area contributed by atoms with Gasteiger partial charge in [0.05, 0.1) is 0 Å². The van der Waals surface area contributed by atoms with E-state index in [1.54, 1.807) is 0 Å². The molecule has 23 heavy (non-hydrogen) atoms. The van der Waals surface area contributed by atoms with E-state index in [4.69, 9.17) is 0 Å². The molecule has 1 unspecified atom stereocenters. The molecule has 1 aliphatic carbocycles. The molecule has 0 bridgehead atoms. The van der Waals surface area contributed by atoms with Gasteiger partial charge in [0, 0.05) is 45.8 Å². The average Bonchev–Trinajstić information content (AvgIpc) is 2.58. The highest BCUT2D eigenvalue weighted by molar-refractivity contribution is 5.79. The van der Waals surface area contributed by atoms with E-state index in [-0.39, 0.29) is 0 Å². The Morgan fingerprint density at radius 3 is 2.61 bits per heavy atom. The maximum Gasteiger partial charge on any atom is 0.191 e. The van der Waals surface area contributed by atoms with Crippen LogP contribution in [0.3, 0.4) is 0 Å². The van der Waals surface area contributed by atoms with Crippen molar-refractivity contribution in [3.8, 4) is 0 Å². The molecule has 134 valence electrons. The van der Waals surface area contributed by atoms with Crippen LogP contribution < -0.4 is 10.6 Å². The zero-order valence-electron chi connectivity index (χ0n) is 15.5. The summed E-state index contributed by atoms with van der Waals surface area (Å²) < 4.78 is 0. The molecular formula is C18H37N5. The van der Waals surface area contributed by atoms with Crippen LogP contribution >= 0.6 is 0 Å². The minimum atomic E-state index is 0.564. The van der Waals surface area contributed by atoms with Gasteiger partial charge in [-0.3, -0.25) is 9.89 Å². The number of hydrogen-bond donors (Lipinski definition) is 2. The summed E-state index contributed by atoms with van der Waals surface area (Å²) in [7, 11) is 6.30. The maximum absolute atomic E-state index is 4.36. The molecule has 0 radical (unpaired) electrons. The molecule has 2 fully saturated rings. The summed E-state index contributed by atoms with van der Waals surface area (Å²) in [5, 5.41) is 6.98. The second-order valence-electron chi connectivity index (χ2n) is 7.42. The molecule has 0 spiro atoms. The van der Waals surface area contributed by atoms with Crippen molar-refractivity contribution in [3.63, 3.8) is 0 Å². The summed E-state index contributed by atoms with van der Waals surface area (Å²) in [6.45, 7) is 5.44. The molecule has 2 N–H and O–H groups in total. The van der Waals surface area contributed by atoms with Crippen LogP contribution in [0.25, 0.3) is 0 Å². The van der Waals surface area contributed by atoms with Crippen molar-refractivity contribution in [1.29, 1.82) is 0 Å². The van der Waals surface area contributed by atoms with Crippen molar-refractivity contribution in [2.24, 2.45) is 10.9 Å². The first-order valence-electron chi connectivity index (χ1n) is 9.52. The first kappa shape index (κ1) is 18.5. The molecule has 5 heteroatoms. The van der Waals surface area contributed by atoms with Crippen molar-refractivity contribution in [1.82, 2.24) is 20.4 Å². The number of nitrogens with zero attached hydrogens (tertiary/aromatic N) is 3. The van der Waals surface area contributed by atoms with Gasteiger partial charge in [-0.15, -0.1) is 0 Å². The predicted molar refractivity (Wildman–Crippen MR) is 99.1 cm³/mol. The van der Waals surface area contributed by atoms with E-state index < -0.39 is 0 Å². The lowest BCUT2D eigenvalue weighted by Crippen LogP contribution is -2.55. The van der Waals surface area contributed by atoms with E-state index in [0.29, 0.717) is 6.04 Å². The Kier molecular flexibility index (Phi) is 8.17. The number of aliphatic imine (C=N–C) groups is 1. The van der Waals surface area contributed by atoms with Crippen molar-refractivity contribution in [3.05, 3.63) is 0 Å². The third kappa shape index (κ3) is 6.68. The molecule has 0 aromatic heterocycles. The van der Waals surface area contributed by atoms with Crippen LogP contribution in [0.5, 0.6) is 0 Å². The monoisotopic (exact) mass is 323 g/mol. The van der Waals surface area contributed by atoms with Gasteiger partial charge in [-0.2, -0.15) is 0 Å². The van der Waals surface area contributed by atoms with Crippen LogP contribution in [0, 0.1) is 5.92 Å². The summed E-state index contributed by atoms with van der Waals surface area (Å²) in [5.41, 5.74) is 0. The lowest BCUT2D eigenvalue weighted by Gasteiger charge is -2.37. The summed E-state index contributed by atoms with van der Waals surface area (Å²) >= 11 is 0. The normalized spacial score (nSPS) is 25.5. The van der Waals surface area contributed by atoms with Crippen molar-refractivity contribution >= 4 is 5.96 Å². The van der Waals surface area contributed by atoms with E-state index in [1.807, 2.05) is 7.05 Å². The summed E-state index contributed by atoms with van der Waals surface area (Å²) in [5.74, 6) is 1.93. The zero-order valence-corrected chi connectivity index (χ0v) is 15.5. The highest BCUT2D eigenvalue weighted by Gasteiger charge is 2.22. The van der Waals surface area contributed by atoms with Crippen molar-refractivity contribution in [2.45, 2.75) is 51.0 Å². The molecular weight excluding hydrogens is 286 g/mol. The molecule has 2 rings (SSSR count). The fraction of sp³-hybridized carbons (Fsp3) is 0.944. The topological polar surface area (TPSA) is 42.9 Å². The molecule has 1 saturated heterocycles. The van der Waals surface area contributed by atoms with Crippen LogP contribution in [0.2, 0.25) is 0 Å². The SMILES string of the molecule is CN=C(NCCCC1CCCCC1)NCC1CN(C)CCN1C. The second-order valence-corrected chi connectivity index (χ2v) is 7.42. The Bertz CT molecular complexity index is 351. The van der Waals surface area contributed by atoms with Gasteiger partial charge in [0.25, 0.3) is 0 Å². The van der Waals surface area contributed by atoms with Crippen LogP contribution in [-0.2, 0) is 0 Å². The molecule has 1 saturated carbocycles. The predicted octanol–water partition coefficient (Wildman–Crippen LogP) is 1.76. The molecule has 2 aliphatic rings. The first-order chi connectivity index (χ1) is 11.2. The van der Waals surface area contributed by atoms with Gasteiger partial charge in [0.15, 0.2) is 5.96 Å². The molecule has 1 heterocycles. The Morgan fingerprint density at radius 2 is 1.87 bits per heavy atom. The third-order valence-electron chi connectivity index (χ3n) is 5.52. The number of rotatable bonds is 6. The van der Waals surface area contributed by atoms with Crippen molar-refractivity contribution in [2.75, 3.05) is 53.9 Å². The number of guanidine groups is 1. The number of nitrogens with one attached hydrogen (secondary N) is 2. The standard InChI is InChI=1S/C18H37N5/c1-19-18(20-11-7-10-16-8-5-4-6-9-16)21-14-17-15-22(2)12-13-23(17)3/h16-17H,4-15H2,1-3H3,(H2,19,20,21). The van der Waals surface area contributed by atoms with Gasteiger partial charge >= 0.3 is 0 Å². The molecule has 0 aromatic carbocycles. The highest BCUT2D eigenvalue weighted by atomic mass is 15.3. The fourth-order valence-corrected chi connectivity index (χ4v) is 3.83. The van der Waals surface area contributed by atoms with Crippen LogP contribution in [0.15, 0.2) is 4.99 Å². The number of piperazine rings is 1. The van der Waals surface area contributed by atoms with Crippen LogP contribution in [-0.4, -0.2) is 75.7 Å². The van der Waals surface area contributed by atoms with Crippen molar-refractivity contribution < 1.29 is 0 Å². The summed E-state index contributed by atoms with van der Waals surface area (Å²) in [6, 6.07) is 0.564. The number of likely N-dealkylation sites (N-methyl/N-ethyl adjacent to an activating group) is 2. The zero-order chi connectivity index (χ0) is 16.5. The summed E-state index contributed by atoms with van der Waals surface area (Å²) in [6.07, 6.45) is 9.89. The van der Waals surface area contributed by atoms with E-state index in [1.165, 1.54) is 51.5 Å². The van der Waals surface area contributed by atoms with Gasteiger partial charge in [0.2, 0.25) is 0 Å². The molecule has 0 amide bonds. The van der Waals surface area contributed by atoms with E-state index in [2.05, 4.69) is 39.5 Å². The lowest BCUT2D eigenvalue weighted by atomic mass is 9.86. The molecule has 1 atom stereocenters. The van der Waals surface area contributed by atoms with Gasteiger partial charge in [-0.05, 0) is 32.9 Å². The van der Waals surface area contributed by atoms with E-state index in [0.717, 1.165) is 38.1 Å². The van der Waals surface area contributed by atoms with Gasteiger partial charge in [-0.25, -0.2) is 0 Å². The Balaban J connectivity index is 1.59.